The van der Waals surface area contributed by atoms with Crippen LogP contribution in [0.5, 0.6) is 0 Å². The third-order valence-corrected chi connectivity index (χ3v) is 2.84. The smallest absolute Gasteiger partial charge is 0.0587 e. The van der Waals surface area contributed by atoms with E-state index < -0.39 is 0 Å². The van der Waals surface area contributed by atoms with Crippen molar-refractivity contribution in [3.63, 3.8) is 0 Å². The van der Waals surface area contributed by atoms with Crippen LogP contribution < -0.4 is 5.32 Å². The molecule has 0 aliphatic rings. The molecule has 0 amide bonds. The molecule has 0 aromatic heterocycles. The van der Waals surface area contributed by atoms with E-state index >= 15 is 0 Å². The second-order valence-electron chi connectivity index (χ2n) is 3.51. The van der Waals surface area contributed by atoms with Gasteiger partial charge in [0, 0.05) is 23.2 Å². The van der Waals surface area contributed by atoms with Gasteiger partial charge >= 0.3 is 0 Å². The summed E-state index contributed by atoms with van der Waals surface area (Å²) in [6.07, 6.45) is 0.768. The molecule has 1 aromatic rings. The lowest BCUT2D eigenvalue weighted by Gasteiger charge is -2.15. The summed E-state index contributed by atoms with van der Waals surface area (Å²) in [6.45, 7) is 0.546. The van der Waals surface area contributed by atoms with Crippen molar-refractivity contribution in [2.24, 2.45) is 0 Å². The molecule has 2 nitrogen and oxygen atoms in total. The van der Waals surface area contributed by atoms with E-state index in [4.69, 9.17) is 23.2 Å². The first-order valence-corrected chi connectivity index (χ1v) is 5.90. The van der Waals surface area contributed by atoms with Crippen LogP contribution in [0.25, 0.3) is 0 Å². The fourth-order valence-electron chi connectivity index (χ4n) is 1.38. The predicted molar refractivity (Wildman–Crippen MR) is 68.8 cm³/mol. The number of hydrogen-bond acceptors (Lipinski definition) is 2. The molecule has 0 bridgehead atoms. The van der Waals surface area contributed by atoms with E-state index in [-0.39, 0.29) is 12.6 Å². The fourth-order valence-corrected chi connectivity index (χ4v) is 1.53. The van der Waals surface area contributed by atoms with Gasteiger partial charge < -0.3 is 10.4 Å². The van der Waals surface area contributed by atoms with Crippen LogP contribution in [0, 0.1) is 0 Å². The molecule has 0 heterocycles. The van der Waals surface area contributed by atoms with Gasteiger partial charge in [0.25, 0.3) is 0 Å². The summed E-state index contributed by atoms with van der Waals surface area (Å²) in [5, 5.41) is 12.9. The van der Waals surface area contributed by atoms with Crippen molar-refractivity contribution in [1.82, 2.24) is 5.32 Å². The number of nitrogens with one attached hydrogen (secondary N) is 1. The van der Waals surface area contributed by atoms with Gasteiger partial charge in [0.1, 0.15) is 0 Å². The van der Waals surface area contributed by atoms with Gasteiger partial charge in [0.2, 0.25) is 0 Å². The number of hydrogen-bond donors (Lipinski definition) is 2. The minimum atomic E-state index is -0.00670. The van der Waals surface area contributed by atoms with Crippen LogP contribution >= 0.6 is 23.2 Å². The highest BCUT2D eigenvalue weighted by atomic mass is 35.5. The monoisotopic (exact) mass is 259 g/mol. The van der Waals surface area contributed by atoms with Crippen LogP contribution in [0.3, 0.4) is 0 Å². The zero-order valence-corrected chi connectivity index (χ0v) is 10.4. The Morgan fingerprint density at radius 2 is 2.06 bits per heavy atom. The number of aliphatic hydroxyl groups is 1. The second-order valence-corrected chi connectivity index (χ2v) is 4.21. The quantitative estimate of drug-likeness (QED) is 0.823. The molecule has 88 valence electrons. The Morgan fingerprint density at radius 1 is 1.38 bits per heavy atom. The van der Waals surface area contributed by atoms with Gasteiger partial charge in [-0.15, -0.1) is 0 Å². The highest BCUT2D eigenvalue weighted by Crippen LogP contribution is 2.05. The maximum atomic E-state index is 9.21. The highest BCUT2D eigenvalue weighted by Gasteiger charge is 2.07. The summed E-state index contributed by atoms with van der Waals surface area (Å²) in [4.78, 5) is 0. The largest absolute Gasteiger partial charge is 0.395 e. The molecule has 1 aromatic carbocycles. The molecule has 0 radical (unpaired) electrons. The molecule has 0 aliphatic carbocycles. The van der Waals surface area contributed by atoms with Gasteiger partial charge in [-0.05, 0) is 12.0 Å². The molecule has 0 spiro atoms. The first-order valence-electron chi connectivity index (χ1n) is 5.09. The second kappa shape index (κ2) is 7.69. The van der Waals surface area contributed by atoms with Crippen LogP contribution in [-0.4, -0.2) is 24.3 Å². The van der Waals surface area contributed by atoms with Gasteiger partial charge in [-0.2, -0.15) is 0 Å². The van der Waals surface area contributed by atoms with Gasteiger partial charge in [-0.1, -0.05) is 53.5 Å². The van der Waals surface area contributed by atoms with Crippen LogP contribution in [-0.2, 0) is 6.42 Å². The third-order valence-electron chi connectivity index (χ3n) is 2.22. The van der Waals surface area contributed by atoms with E-state index in [1.54, 1.807) is 0 Å². The maximum Gasteiger partial charge on any atom is 0.0587 e. The molecule has 16 heavy (non-hydrogen) atoms. The molecule has 1 atom stereocenters. The average molecular weight is 260 g/mol. The number of rotatable bonds is 6. The molecule has 2 N–H and O–H groups in total. The fraction of sp³-hybridized carbons (Fsp3) is 0.333. The maximum absolute atomic E-state index is 9.21. The lowest BCUT2D eigenvalue weighted by Crippen LogP contribution is -2.35. The summed E-state index contributed by atoms with van der Waals surface area (Å²) >= 11 is 11.2. The summed E-state index contributed by atoms with van der Waals surface area (Å²) in [6, 6.07) is 9.99. The van der Waals surface area contributed by atoms with E-state index in [0.717, 1.165) is 6.42 Å². The van der Waals surface area contributed by atoms with Gasteiger partial charge in [-0.25, -0.2) is 0 Å². The molecule has 1 rings (SSSR count). The third kappa shape index (κ3) is 4.99. The molecule has 0 saturated carbocycles. The lowest BCUT2D eigenvalue weighted by atomic mass is 10.1. The van der Waals surface area contributed by atoms with Crippen LogP contribution in [0.1, 0.15) is 5.56 Å². The Labute approximate surface area is 106 Å². The normalized spacial score (nSPS) is 13.8. The highest BCUT2D eigenvalue weighted by molar-refractivity contribution is 6.36. The van der Waals surface area contributed by atoms with Gasteiger partial charge in [0.05, 0.1) is 6.61 Å². The van der Waals surface area contributed by atoms with E-state index in [2.05, 4.69) is 5.32 Å². The lowest BCUT2D eigenvalue weighted by molar-refractivity contribution is 0.245. The van der Waals surface area contributed by atoms with E-state index in [1.807, 2.05) is 30.3 Å². The van der Waals surface area contributed by atoms with E-state index in [1.165, 1.54) is 11.1 Å². The predicted octanol–water partition coefficient (Wildman–Crippen LogP) is 2.50. The number of halogens is 2. The summed E-state index contributed by atoms with van der Waals surface area (Å²) in [7, 11) is 0. The minimum Gasteiger partial charge on any atom is -0.395 e. The Bertz CT molecular complexity index is 327. The molecular weight excluding hydrogens is 245 g/mol. The van der Waals surface area contributed by atoms with Crippen molar-refractivity contribution in [3.05, 3.63) is 46.5 Å². The van der Waals surface area contributed by atoms with Crippen molar-refractivity contribution in [2.45, 2.75) is 12.5 Å². The SMILES string of the molecule is OCC(Cc1ccccc1)NCC(Cl)=CCl. The van der Waals surface area contributed by atoms with Crippen LogP contribution in [0.15, 0.2) is 40.9 Å². The first-order chi connectivity index (χ1) is 7.76. The molecular formula is C12H15Cl2NO. The Morgan fingerprint density at radius 3 is 2.62 bits per heavy atom. The van der Waals surface area contributed by atoms with Crippen molar-refractivity contribution < 1.29 is 5.11 Å². The van der Waals surface area contributed by atoms with Crippen molar-refractivity contribution in [3.8, 4) is 0 Å². The van der Waals surface area contributed by atoms with Crippen molar-refractivity contribution >= 4 is 23.2 Å². The number of aliphatic hydroxyl groups excluding tert-OH is 1. The zero-order valence-electron chi connectivity index (χ0n) is 8.87. The summed E-state index contributed by atoms with van der Waals surface area (Å²) in [5.74, 6) is 0. The minimum absolute atomic E-state index is 0.00670. The summed E-state index contributed by atoms with van der Waals surface area (Å²) in [5.41, 5.74) is 2.51. The molecule has 0 aliphatic heterocycles. The van der Waals surface area contributed by atoms with E-state index in [9.17, 15) is 5.11 Å². The van der Waals surface area contributed by atoms with Gasteiger partial charge in [0.15, 0.2) is 0 Å². The van der Waals surface area contributed by atoms with E-state index in [0.29, 0.717) is 11.6 Å². The molecule has 4 heteroatoms. The van der Waals surface area contributed by atoms with Crippen molar-refractivity contribution in [1.29, 1.82) is 0 Å². The Hall–Kier alpha value is -0.540. The summed E-state index contributed by atoms with van der Waals surface area (Å²) < 4.78 is 0. The topological polar surface area (TPSA) is 32.3 Å². The molecule has 1 unspecified atom stereocenters. The zero-order chi connectivity index (χ0) is 11.8. The standard InChI is InChI=1S/C12H15Cl2NO/c13-7-11(14)8-15-12(9-16)6-10-4-2-1-3-5-10/h1-5,7,12,15-16H,6,8-9H2. The Kier molecular flexibility index (Phi) is 6.50. The molecule has 0 saturated heterocycles. The Balaban J connectivity index is 2.43. The first kappa shape index (κ1) is 13.5. The number of benzene rings is 1. The van der Waals surface area contributed by atoms with Gasteiger partial charge in [-0.3, -0.25) is 0 Å². The average Bonchev–Trinajstić information content (AvgIpc) is 2.35. The van der Waals surface area contributed by atoms with Crippen molar-refractivity contribution in [2.75, 3.05) is 13.2 Å². The molecule has 0 fully saturated rings. The van der Waals surface area contributed by atoms with Crippen LogP contribution in [0.2, 0.25) is 0 Å². The van der Waals surface area contributed by atoms with Crippen LogP contribution in [0.4, 0.5) is 0 Å².